The summed E-state index contributed by atoms with van der Waals surface area (Å²) < 4.78 is 4.68. The van der Waals surface area contributed by atoms with Crippen LogP contribution in [0.3, 0.4) is 0 Å². The second kappa shape index (κ2) is 5.88. The van der Waals surface area contributed by atoms with Gasteiger partial charge in [-0.25, -0.2) is 0 Å². The van der Waals surface area contributed by atoms with Crippen LogP contribution in [0.4, 0.5) is 0 Å². The fourth-order valence-electron chi connectivity index (χ4n) is 3.16. The summed E-state index contributed by atoms with van der Waals surface area (Å²) in [6.45, 7) is 1.55. The molecule has 6 heteroatoms. The standard InChI is InChI=1S/C13H23N3O3/c1-15-7-6-10-12(15)13(18)14-8-9(16(10)2)4-5-11(17)19-3/h9-10,12H,4-8H2,1-3H3,(H,14,18). The van der Waals surface area contributed by atoms with Gasteiger partial charge in [0.1, 0.15) is 6.04 Å². The van der Waals surface area contributed by atoms with Gasteiger partial charge >= 0.3 is 5.97 Å². The molecule has 0 saturated carbocycles. The topological polar surface area (TPSA) is 61.9 Å². The molecule has 0 radical (unpaired) electrons. The number of likely N-dealkylation sites (tertiary alicyclic amines) is 1. The second-order valence-corrected chi connectivity index (χ2v) is 5.46. The molecule has 0 aromatic carbocycles. The van der Waals surface area contributed by atoms with Crippen molar-refractivity contribution in [2.24, 2.45) is 0 Å². The Balaban J connectivity index is 2.03. The molecule has 2 aliphatic rings. The number of fused-ring (bicyclic) bond motifs is 1. The first-order chi connectivity index (χ1) is 9.04. The van der Waals surface area contributed by atoms with E-state index in [0.29, 0.717) is 13.0 Å². The van der Waals surface area contributed by atoms with Gasteiger partial charge in [0.25, 0.3) is 0 Å². The van der Waals surface area contributed by atoms with Crippen molar-refractivity contribution in [2.45, 2.75) is 37.4 Å². The summed E-state index contributed by atoms with van der Waals surface area (Å²) in [5.74, 6) is -0.0820. The predicted molar refractivity (Wildman–Crippen MR) is 70.6 cm³/mol. The summed E-state index contributed by atoms with van der Waals surface area (Å²) in [6, 6.07) is 0.382. The van der Waals surface area contributed by atoms with Crippen LogP contribution in [0.5, 0.6) is 0 Å². The quantitative estimate of drug-likeness (QED) is 0.696. The fourth-order valence-corrected chi connectivity index (χ4v) is 3.16. The Morgan fingerprint density at radius 3 is 2.89 bits per heavy atom. The van der Waals surface area contributed by atoms with Gasteiger partial charge in [0.05, 0.1) is 7.11 Å². The minimum atomic E-state index is -0.191. The van der Waals surface area contributed by atoms with Gasteiger partial charge in [-0.05, 0) is 26.9 Å². The summed E-state index contributed by atoms with van der Waals surface area (Å²) in [4.78, 5) is 27.7. The third-order valence-corrected chi connectivity index (χ3v) is 4.41. The van der Waals surface area contributed by atoms with Crippen LogP contribution in [0, 0.1) is 0 Å². The number of methoxy groups -OCH3 is 1. The molecule has 3 unspecified atom stereocenters. The Morgan fingerprint density at radius 1 is 1.47 bits per heavy atom. The van der Waals surface area contributed by atoms with Gasteiger partial charge in [-0.2, -0.15) is 0 Å². The van der Waals surface area contributed by atoms with Crippen molar-refractivity contribution in [1.29, 1.82) is 0 Å². The molecule has 108 valence electrons. The number of hydrogen-bond acceptors (Lipinski definition) is 5. The summed E-state index contributed by atoms with van der Waals surface area (Å²) >= 11 is 0. The number of carbonyl (C=O) groups is 2. The zero-order valence-electron chi connectivity index (χ0n) is 11.9. The van der Waals surface area contributed by atoms with Gasteiger partial charge in [0.15, 0.2) is 0 Å². The maximum Gasteiger partial charge on any atom is 0.305 e. The van der Waals surface area contributed by atoms with Crippen LogP contribution in [0.2, 0.25) is 0 Å². The number of nitrogens with zero attached hydrogens (tertiary/aromatic N) is 2. The highest BCUT2D eigenvalue weighted by molar-refractivity contribution is 5.83. The first kappa shape index (κ1) is 14.3. The molecule has 1 N–H and O–H groups in total. The van der Waals surface area contributed by atoms with Crippen molar-refractivity contribution in [3.63, 3.8) is 0 Å². The van der Waals surface area contributed by atoms with Crippen LogP contribution in [0.25, 0.3) is 0 Å². The largest absolute Gasteiger partial charge is 0.469 e. The van der Waals surface area contributed by atoms with E-state index in [1.807, 2.05) is 7.05 Å². The molecule has 0 aromatic rings. The summed E-state index contributed by atoms with van der Waals surface area (Å²) in [7, 11) is 5.45. The van der Waals surface area contributed by atoms with E-state index < -0.39 is 0 Å². The van der Waals surface area contributed by atoms with Gasteiger partial charge in [-0.15, -0.1) is 0 Å². The van der Waals surface area contributed by atoms with Gasteiger partial charge in [-0.1, -0.05) is 0 Å². The first-order valence-corrected chi connectivity index (χ1v) is 6.81. The predicted octanol–water partition coefficient (Wildman–Crippen LogP) is -0.557. The number of nitrogens with one attached hydrogen (secondary N) is 1. The maximum absolute atomic E-state index is 12.1. The number of ether oxygens (including phenoxy) is 1. The lowest BCUT2D eigenvalue weighted by atomic mass is 10.0. The number of hydrogen-bond donors (Lipinski definition) is 1. The van der Waals surface area contributed by atoms with Crippen molar-refractivity contribution >= 4 is 11.9 Å². The molecule has 0 aromatic heterocycles. The number of rotatable bonds is 3. The number of esters is 1. The van der Waals surface area contributed by atoms with Crippen molar-refractivity contribution in [2.75, 3.05) is 34.3 Å². The molecule has 0 bridgehead atoms. The van der Waals surface area contributed by atoms with E-state index in [0.717, 1.165) is 19.4 Å². The van der Waals surface area contributed by atoms with Crippen molar-refractivity contribution < 1.29 is 14.3 Å². The Kier molecular flexibility index (Phi) is 4.42. The van der Waals surface area contributed by atoms with Crippen molar-refractivity contribution in [1.82, 2.24) is 15.1 Å². The van der Waals surface area contributed by atoms with Gasteiger partial charge < -0.3 is 10.1 Å². The molecule has 2 aliphatic heterocycles. The Morgan fingerprint density at radius 2 is 2.21 bits per heavy atom. The number of amides is 1. The Bertz CT molecular complexity index is 361. The molecule has 2 saturated heterocycles. The molecule has 2 fully saturated rings. The highest BCUT2D eigenvalue weighted by Gasteiger charge is 2.43. The molecule has 0 spiro atoms. The zero-order valence-corrected chi connectivity index (χ0v) is 11.9. The normalized spacial score (nSPS) is 32.6. The van der Waals surface area contributed by atoms with Crippen LogP contribution >= 0.6 is 0 Å². The van der Waals surface area contributed by atoms with E-state index in [1.54, 1.807) is 0 Å². The monoisotopic (exact) mass is 269 g/mol. The van der Waals surface area contributed by atoms with E-state index in [9.17, 15) is 9.59 Å². The number of carbonyl (C=O) groups excluding carboxylic acids is 2. The van der Waals surface area contributed by atoms with Crippen LogP contribution < -0.4 is 5.32 Å². The first-order valence-electron chi connectivity index (χ1n) is 6.81. The van der Waals surface area contributed by atoms with Crippen molar-refractivity contribution in [3.05, 3.63) is 0 Å². The summed E-state index contributed by atoms with van der Waals surface area (Å²) in [6.07, 6.45) is 2.12. The molecule has 19 heavy (non-hydrogen) atoms. The smallest absolute Gasteiger partial charge is 0.305 e. The van der Waals surface area contributed by atoms with E-state index >= 15 is 0 Å². The van der Waals surface area contributed by atoms with E-state index in [1.165, 1.54) is 7.11 Å². The van der Waals surface area contributed by atoms with Gasteiger partial charge in [0, 0.05) is 31.6 Å². The fraction of sp³-hybridized carbons (Fsp3) is 0.846. The molecular weight excluding hydrogens is 246 g/mol. The summed E-state index contributed by atoms with van der Waals surface area (Å²) in [5, 5.41) is 2.99. The highest BCUT2D eigenvalue weighted by atomic mass is 16.5. The average Bonchev–Trinajstić information content (AvgIpc) is 2.73. The van der Waals surface area contributed by atoms with Crippen LogP contribution in [0.15, 0.2) is 0 Å². The average molecular weight is 269 g/mol. The Labute approximate surface area is 114 Å². The van der Waals surface area contributed by atoms with Crippen LogP contribution in [-0.4, -0.2) is 74.1 Å². The molecule has 1 amide bonds. The summed E-state index contributed by atoms with van der Waals surface area (Å²) in [5.41, 5.74) is 0. The number of likely N-dealkylation sites (N-methyl/N-ethyl adjacent to an activating group) is 2. The van der Waals surface area contributed by atoms with E-state index in [-0.39, 0.29) is 30.0 Å². The molecule has 0 aliphatic carbocycles. The second-order valence-electron chi connectivity index (χ2n) is 5.46. The molecule has 3 atom stereocenters. The van der Waals surface area contributed by atoms with Gasteiger partial charge in [0.2, 0.25) is 5.91 Å². The van der Waals surface area contributed by atoms with Gasteiger partial charge in [-0.3, -0.25) is 19.4 Å². The zero-order chi connectivity index (χ0) is 14.0. The minimum Gasteiger partial charge on any atom is -0.469 e. The molecular formula is C13H23N3O3. The van der Waals surface area contributed by atoms with Crippen molar-refractivity contribution in [3.8, 4) is 0 Å². The highest BCUT2D eigenvalue weighted by Crippen LogP contribution is 2.25. The van der Waals surface area contributed by atoms with E-state index in [2.05, 4.69) is 26.9 Å². The SMILES string of the molecule is COC(=O)CCC1CNC(=O)C2C(CCN2C)N1C. The minimum absolute atomic E-state index is 0.0619. The Hall–Kier alpha value is -1.14. The molecule has 2 rings (SSSR count). The third kappa shape index (κ3) is 2.90. The maximum atomic E-state index is 12.1. The third-order valence-electron chi connectivity index (χ3n) is 4.41. The van der Waals surface area contributed by atoms with Crippen LogP contribution in [-0.2, 0) is 14.3 Å². The van der Waals surface area contributed by atoms with Crippen LogP contribution in [0.1, 0.15) is 19.3 Å². The molecule has 2 heterocycles. The lowest BCUT2D eigenvalue weighted by Gasteiger charge is -2.32. The molecule has 6 nitrogen and oxygen atoms in total. The lowest BCUT2D eigenvalue weighted by Crippen LogP contribution is -2.48. The lowest BCUT2D eigenvalue weighted by molar-refractivity contribution is -0.141. The van der Waals surface area contributed by atoms with E-state index in [4.69, 9.17) is 0 Å².